The summed E-state index contributed by atoms with van der Waals surface area (Å²) in [4.78, 5) is 38.4. The van der Waals surface area contributed by atoms with Gasteiger partial charge in [0.2, 0.25) is 0 Å². The Labute approximate surface area is 512 Å². The van der Waals surface area contributed by atoms with E-state index in [-0.39, 0.29) is 37.5 Å². The third-order valence-electron chi connectivity index (χ3n) is 14.4. The summed E-state index contributed by atoms with van der Waals surface area (Å²) >= 11 is 0. The van der Waals surface area contributed by atoms with E-state index < -0.39 is 6.10 Å². The van der Waals surface area contributed by atoms with Crippen molar-refractivity contribution < 1.29 is 28.6 Å². The van der Waals surface area contributed by atoms with Crippen LogP contribution in [-0.2, 0) is 28.6 Å². The lowest BCUT2D eigenvalue weighted by molar-refractivity contribution is -0.166. The number of rotatable bonds is 61. The summed E-state index contributed by atoms with van der Waals surface area (Å²) in [6.07, 6.45) is 100. The Kier molecular flexibility index (Phi) is 65.8. The molecule has 0 N–H and O–H groups in total. The van der Waals surface area contributed by atoms with Crippen molar-refractivity contribution in [3.8, 4) is 0 Å². The maximum absolute atomic E-state index is 13.0. The normalized spacial score (nSPS) is 13.0. The van der Waals surface area contributed by atoms with Crippen LogP contribution in [-0.4, -0.2) is 37.2 Å². The summed E-state index contributed by atoms with van der Waals surface area (Å²) in [6.45, 7) is 6.35. The molecule has 0 aromatic carbocycles. The highest BCUT2D eigenvalue weighted by Gasteiger charge is 2.19. The molecule has 0 aromatic rings. The monoisotopic (exact) mass is 1150 g/mol. The summed E-state index contributed by atoms with van der Waals surface area (Å²) < 4.78 is 16.9. The van der Waals surface area contributed by atoms with Gasteiger partial charge in [-0.05, 0) is 109 Å². The van der Waals surface area contributed by atoms with Gasteiger partial charge in [0.1, 0.15) is 13.2 Å². The van der Waals surface area contributed by atoms with Gasteiger partial charge in [0.15, 0.2) is 6.10 Å². The average molecular weight is 1150 g/mol. The van der Waals surface area contributed by atoms with Gasteiger partial charge in [-0.15, -0.1) is 0 Å². The molecule has 1 unspecified atom stereocenters. The minimum atomic E-state index is -0.827. The zero-order valence-corrected chi connectivity index (χ0v) is 53.9. The van der Waals surface area contributed by atoms with Crippen molar-refractivity contribution in [3.05, 3.63) is 146 Å². The van der Waals surface area contributed by atoms with Gasteiger partial charge in [-0.2, -0.15) is 0 Å². The highest BCUT2D eigenvalue weighted by atomic mass is 16.6. The lowest BCUT2D eigenvalue weighted by atomic mass is 10.0. The molecule has 0 radical (unpaired) electrons. The number of allylic oxidation sites excluding steroid dienone is 24. The number of carbonyl (C=O) groups excluding carboxylic acids is 3. The van der Waals surface area contributed by atoms with E-state index in [4.69, 9.17) is 14.2 Å². The van der Waals surface area contributed by atoms with Crippen molar-refractivity contribution in [1.82, 2.24) is 0 Å². The molecule has 470 valence electrons. The van der Waals surface area contributed by atoms with Crippen LogP contribution in [0.2, 0.25) is 0 Å². The van der Waals surface area contributed by atoms with E-state index in [1.807, 2.05) is 6.08 Å². The van der Waals surface area contributed by atoms with Crippen molar-refractivity contribution in [2.75, 3.05) is 13.2 Å². The van der Waals surface area contributed by atoms with Crippen LogP contribution >= 0.6 is 0 Å². The van der Waals surface area contributed by atoms with Crippen molar-refractivity contribution in [3.63, 3.8) is 0 Å². The molecule has 0 rings (SSSR count). The second-order valence-electron chi connectivity index (χ2n) is 22.3. The highest BCUT2D eigenvalue weighted by molar-refractivity contribution is 5.71. The Morgan fingerprint density at radius 3 is 0.807 bits per heavy atom. The number of esters is 3. The van der Waals surface area contributed by atoms with E-state index in [0.717, 1.165) is 128 Å². The summed E-state index contributed by atoms with van der Waals surface area (Å²) in [5.74, 6) is -1.02. The fourth-order valence-electron chi connectivity index (χ4n) is 9.30. The van der Waals surface area contributed by atoms with Crippen molar-refractivity contribution in [2.24, 2.45) is 0 Å². The molecular weight excluding hydrogens is 1020 g/mol. The predicted molar refractivity (Wildman–Crippen MR) is 362 cm³/mol. The van der Waals surface area contributed by atoms with Gasteiger partial charge in [0.05, 0.1) is 0 Å². The van der Waals surface area contributed by atoms with E-state index in [9.17, 15) is 14.4 Å². The molecule has 0 spiro atoms. The Hall–Kier alpha value is -4.71. The molecule has 0 saturated carbocycles. The average Bonchev–Trinajstić information content (AvgIpc) is 3.49. The summed E-state index contributed by atoms with van der Waals surface area (Å²) in [7, 11) is 0. The van der Waals surface area contributed by atoms with Crippen LogP contribution in [0.3, 0.4) is 0 Å². The molecule has 0 aliphatic carbocycles. The third kappa shape index (κ3) is 68.0. The van der Waals surface area contributed by atoms with Gasteiger partial charge < -0.3 is 14.2 Å². The molecule has 0 heterocycles. The number of unbranched alkanes of at least 4 members (excludes halogenated alkanes) is 26. The first kappa shape index (κ1) is 78.3. The van der Waals surface area contributed by atoms with Crippen LogP contribution in [0, 0.1) is 0 Å². The minimum absolute atomic E-state index is 0.118. The van der Waals surface area contributed by atoms with Gasteiger partial charge >= 0.3 is 17.9 Å². The SMILES string of the molecule is CC/C=C\C/C=C\C/C=C\C/C=C\C/C=C\C/C=C\CCCCCCC(=O)OCC(COC(=O)CC/C=C\C/C=C\C/C=C\C/C=C\C/C=C\C/C=C\CC)OC(=O)CCCCCCCCCCCCCCCCCCCCCCCCC. The fraction of sp³-hybridized carbons (Fsp3) is 0.649. The zero-order chi connectivity index (χ0) is 59.9. The van der Waals surface area contributed by atoms with Crippen LogP contribution in [0.4, 0.5) is 0 Å². The Morgan fingerprint density at radius 2 is 0.494 bits per heavy atom. The first-order valence-electron chi connectivity index (χ1n) is 34.3. The van der Waals surface area contributed by atoms with E-state index in [0.29, 0.717) is 19.3 Å². The first-order chi connectivity index (χ1) is 41.0. The highest BCUT2D eigenvalue weighted by Crippen LogP contribution is 2.17. The Morgan fingerprint density at radius 1 is 0.253 bits per heavy atom. The quantitative estimate of drug-likeness (QED) is 0.0261. The number of hydrogen-bond donors (Lipinski definition) is 0. The van der Waals surface area contributed by atoms with Crippen LogP contribution < -0.4 is 0 Å². The molecule has 83 heavy (non-hydrogen) atoms. The van der Waals surface area contributed by atoms with Crippen LogP contribution in [0.25, 0.3) is 0 Å². The molecule has 6 nitrogen and oxygen atoms in total. The number of carbonyl (C=O) groups is 3. The maximum Gasteiger partial charge on any atom is 0.306 e. The summed E-state index contributed by atoms with van der Waals surface area (Å²) in [5, 5.41) is 0. The molecule has 0 aliphatic heterocycles. The van der Waals surface area contributed by atoms with E-state index in [1.54, 1.807) is 0 Å². The topological polar surface area (TPSA) is 78.9 Å². The van der Waals surface area contributed by atoms with Gasteiger partial charge in [0, 0.05) is 19.3 Å². The summed E-state index contributed by atoms with van der Waals surface area (Å²) in [5.41, 5.74) is 0. The number of ether oxygens (including phenoxy) is 3. The van der Waals surface area contributed by atoms with Crippen LogP contribution in [0.5, 0.6) is 0 Å². The van der Waals surface area contributed by atoms with Gasteiger partial charge in [-0.3, -0.25) is 14.4 Å². The lowest BCUT2D eigenvalue weighted by Crippen LogP contribution is -2.30. The van der Waals surface area contributed by atoms with E-state index in [2.05, 4.69) is 161 Å². The predicted octanol–water partition coefficient (Wildman–Crippen LogP) is 23.9. The second kappa shape index (κ2) is 69.8. The van der Waals surface area contributed by atoms with Gasteiger partial charge in [0.25, 0.3) is 0 Å². The second-order valence-corrected chi connectivity index (χ2v) is 22.3. The molecule has 0 amide bonds. The first-order valence-corrected chi connectivity index (χ1v) is 34.3. The third-order valence-corrected chi connectivity index (χ3v) is 14.4. The van der Waals surface area contributed by atoms with Crippen molar-refractivity contribution in [2.45, 2.75) is 309 Å². The molecular formula is C77H126O6. The minimum Gasteiger partial charge on any atom is -0.462 e. The van der Waals surface area contributed by atoms with Crippen LogP contribution in [0.1, 0.15) is 303 Å². The van der Waals surface area contributed by atoms with Gasteiger partial charge in [-0.25, -0.2) is 0 Å². The molecule has 0 aliphatic rings. The largest absolute Gasteiger partial charge is 0.462 e. The Bertz CT molecular complexity index is 1800. The molecule has 6 heteroatoms. The van der Waals surface area contributed by atoms with Crippen molar-refractivity contribution in [1.29, 1.82) is 0 Å². The van der Waals surface area contributed by atoms with E-state index in [1.165, 1.54) is 128 Å². The standard InChI is InChI=1S/C77H126O6/c1-4-7-10-13-16-19-22-25-28-31-34-36-38-40-43-46-49-52-55-58-61-64-67-70-76(79)82-73-74(72-81-75(78)69-66-63-60-57-54-51-48-45-42-33-30-27-24-21-18-15-12-9-6-3)83-77(80)71-68-65-62-59-56-53-50-47-44-41-39-37-35-32-29-26-23-20-17-14-11-8-5-2/h7,9-10,12,16,18-19,21,25,27-28,30,34,36,40,42-43,45,49,51-52,54,60,63,74H,4-6,8,11,13-15,17,20,22-24,26,29,31-33,35,37-39,41,44,46-48,50,53,55-59,61-62,64-73H2,1-3H3/b10-7-,12-9-,19-16-,21-18-,28-25-,30-27-,36-34-,43-40-,45-42-,52-49-,54-51-,63-60-. The lowest BCUT2D eigenvalue weighted by Gasteiger charge is -2.18. The Balaban J connectivity index is 4.51. The van der Waals surface area contributed by atoms with Gasteiger partial charge in [-0.1, -0.05) is 321 Å². The van der Waals surface area contributed by atoms with E-state index >= 15 is 0 Å². The van der Waals surface area contributed by atoms with Crippen LogP contribution in [0.15, 0.2) is 146 Å². The molecule has 0 saturated heterocycles. The smallest absolute Gasteiger partial charge is 0.306 e. The molecule has 0 aromatic heterocycles. The number of hydrogen-bond acceptors (Lipinski definition) is 6. The zero-order valence-electron chi connectivity index (χ0n) is 53.9. The molecule has 0 fully saturated rings. The van der Waals surface area contributed by atoms with Crippen molar-refractivity contribution >= 4 is 17.9 Å². The fourth-order valence-corrected chi connectivity index (χ4v) is 9.30. The maximum atomic E-state index is 13.0. The molecule has 1 atom stereocenters. The summed E-state index contributed by atoms with van der Waals surface area (Å²) in [6, 6.07) is 0. The molecule has 0 bridgehead atoms.